The fraction of sp³-hybridized carbons (Fsp3) is 0.333. The summed E-state index contributed by atoms with van der Waals surface area (Å²) >= 11 is 0. The molecular weight excluding hydrogens is 379 g/mol. The van der Waals surface area contributed by atoms with E-state index in [9.17, 15) is 14.0 Å². The Kier molecular flexibility index (Phi) is 6.46. The zero-order chi connectivity index (χ0) is 21.0. The predicted molar refractivity (Wildman–Crippen MR) is 105 cm³/mol. The van der Waals surface area contributed by atoms with Crippen LogP contribution in [0, 0.1) is 5.82 Å². The first-order valence-corrected chi connectivity index (χ1v) is 9.16. The number of amides is 1. The van der Waals surface area contributed by atoms with Crippen LogP contribution in [0.15, 0.2) is 36.4 Å². The van der Waals surface area contributed by atoms with Gasteiger partial charge in [-0.2, -0.15) is 0 Å². The minimum absolute atomic E-state index is 0.0546. The first-order valence-electron chi connectivity index (χ1n) is 9.16. The molecule has 7 nitrogen and oxygen atoms in total. The number of carbonyl (C=O) groups is 2. The number of benzene rings is 2. The molecule has 1 atom stereocenters. The van der Waals surface area contributed by atoms with Crippen LogP contribution in [0.25, 0.3) is 0 Å². The molecule has 3 rings (SSSR count). The van der Waals surface area contributed by atoms with Crippen molar-refractivity contribution < 1.29 is 28.2 Å². The van der Waals surface area contributed by atoms with E-state index in [4.69, 9.17) is 19.9 Å². The summed E-state index contributed by atoms with van der Waals surface area (Å²) in [5.41, 5.74) is 7.45. The van der Waals surface area contributed by atoms with Gasteiger partial charge in [0.25, 0.3) is 5.91 Å². The predicted octanol–water partition coefficient (Wildman–Crippen LogP) is 3.30. The van der Waals surface area contributed by atoms with Gasteiger partial charge in [-0.15, -0.1) is 0 Å². The molecule has 0 radical (unpaired) electrons. The summed E-state index contributed by atoms with van der Waals surface area (Å²) in [6, 6.07) is 8.66. The number of nitrogens with two attached hydrogens (primary N) is 1. The summed E-state index contributed by atoms with van der Waals surface area (Å²) in [4.78, 5) is 27.1. The Balaban J connectivity index is 2.04. The molecule has 29 heavy (non-hydrogen) atoms. The highest BCUT2D eigenvalue weighted by molar-refractivity contribution is 6.12. The molecule has 1 unspecified atom stereocenters. The lowest BCUT2D eigenvalue weighted by Gasteiger charge is -2.25. The highest BCUT2D eigenvalue weighted by atomic mass is 19.1. The van der Waals surface area contributed by atoms with Crippen LogP contribution in [0.5, 0.6) is 0 Å². The fourth-order valence-electron chi connectivity index (χ4n) is 3.45. The monoisotopic (exact) mass is 402 g/mol. The molecule has 154 valence electrons. The Bertz CT molecular complexity index is 918. The van der Waals surface area contributed by atoms with Gasteiger partial charge >= 0.3 is 5.97 Å². The van der Waals surface area contributed by atoms with Crippen molar-refractivity contribution in [3.63, 3.8) is 0 Å². The number of nitrogen functional groups attached to an aromatic ring is 1. The molecule has 0 aliphatic carbocycles. The third-order valence-electron chi connectivity index (χ3n) is 4.79. The van der Waals surface area contributed by atoms with Crippen LogP contribution < -0.4 is 10.6 Å². The number of hydrogen-bond donors (Lipinski definition) is 1. The number of fused-ring (bicyclic) bond motifs is 1. The van der Waals surface area contributed by atoms with Gasteiger partial charge < -0.3 is 24.8 Å². The lowest BCUT2D eigenvalue weighted by atomic mass is 10.0. The minimum Gasteiger partial charge on any atom is -0.465 e. The highest BCUT2D eigenvalue weighted by Crippen LogP contribution is 2.36. The molecule has 2 N–H and O–H groups in total. The third kappa shape index (κ3) is 4.38. The molecule has 0 saturated carbocycles. The van der Waals surface area contributed by atoms with Gasteiger partial charge in [-0.1, -0.05) is 0 Å². The van der Waals surface area contributed by atoms with E-state index < -0.39 is 23.8 Å². The molecule has 0 fully saturated rings. The number of carbonyl (C=O) groups excluding carboxylic acids is 2. The van der Waals surface area contributed by atoms with Crippen LogP contribution in [-0.2, 0) is 14.2 Å². The number of nitrogens with zero attached hydrogens (tertiary/aromatic N) is 1. The number of methoxy groups -OCH3 is 2. The van der Waals surface area contributed by atoms with E-state index in [1.165, 1.54) is 43.4 Å². The van der Waals surface area contributed by atoms with Crippen LogP contribution in [-0.4, -0.2) is 39.4 Å². The van der Waals surface area contributed by atoms with Crippen molar-refractivity contribution in [2.75, 3.05) is 38.2 Å². The van der Waals surface area contributed by atoms with Crippen LogP contribution >= 0.6 is 0 Å². The number of anilines is 2. The second-order valence-corrected chi connectivity index (χ2v) is 6.66. The summed E-state index contributed by atoms with van der Waals surface area (Å²) in [6.45, 7) is 0.439. The summed E-state index contributed by atoms with van der Waals surface area (Å²) in [5, 5.41) is 0. The quantitative estimate of drug-likeness (QED) is 0.469. The Morgan fingerprint density at radius 3 is 2.69 bits per heavy atom. The Hall–Kier alpha value is -2.97. The average molecular weight is 402 g/mol. The van der Waals surface area contributed by atoms with Crippen molar-refractivity contribution in [2.24, 2.45) is 0 Å². The maximum Gasteiger partial charge on any atom is 0.338 e. The topological polar surface area (TPSA) is 91.1 Å². The molecule has 2 aromatic rings. The van der Waals surface area contributed by atoms with Crippen LogP contribution in [0.4, 0.5) is 15.8 Å². The standard InChI is InChI=1S/C21H23FN2O5/c1-27-12-29-19-4-3-9-24(18-8-5-13(22)10-17(18)19)20(25)15-7-6-14(23)11-16(15)21(26)28-2/h5-8,10-11,19H,3-4,9,12,23H2,1-2H3. The summed E-state index contributed by atoms with van der Waals surface area (Å²) < 4.78 is 29.4. The van der Waals surface area contributed by atoms with E-state index in [0.29, 0.717) is 36.3 Å². The number of hydrogen-bond acceptors (Lipinski definition) is 6. The lowest BCUT2D eigenvalue weighted by Crippen LogP contribution is -2.33. The molecule has 2 aromatic carbocycles. The van der Waals surface area contributed by atoms with Gasteiger partial charge in [0.05, 0.1) is 24.3 Å². The first kappa shape index (κ1) is 20.8. The van der Waals surface area contributed by atoms with Crippen LogP contribution in [0.2, 0.25) is 0 Å². The Morgan fingerprint density at radius 2 is 1.97 bits per heavy atom. The van der Waals surface area contributed by atoms with Crippen molar-refractivity contribution in [3.8, 4) is 0 Å². The molecule has 1 aliphatic heterocycles. The molecule has 0 spiro atoms. The molecule has 1 aliphatic rings. The third-order valence-corrected chi connectivity index (χ3v) is 4.79. The van der Waals surface area contributed by atoms with E-state index in [0.717, 1.165) is 0 Å². The molecule has 0 aromatic heterocycles. The number of rotatable bonds is 5. The average Bonchev–Trinajstić information content (AvgIpc) is 2.90. The van der Waals surface area contributed by atoms with Gasteiger partial charge in [0.1, 0.15) is 12.6 Å². The summed E-state index contributed by atoms with van der Waals surface area (Å²) in [7, 11) is 2.75. The second kappa shape index (κ2) is 9.02. The second-order valence-electron chi connectivity index (χ2n) is 6.66. The Labute approximate surface area is 168 Å². The number of esters is 1. The SMILES string of the molecule is COCOC1CCCN(C(=O)c2ccc(N)cc2C(=O)OC)c2ccc(F)cc21. The highest BCUT2D eigenvalue weighted by Gasteiger charge is 2.30. The molecule has 0 saturated heterocycles. The van der Waals surface area contributed by atoms with E-state index in [1.807, 2.05) is 0 Å². The first-order chi connectivity index (χ1) is 14.0. The Morgan fingerprint density at radius 1 is 1.17 bits per heavy atom. The van der Waals surface area contributed by atoms with E-state index in [1.54, 1.807) is 12.1 Å². The fourth-order valence-corrected chi connectivity index (χ4v) is 3.45. The number of halogens is 1. The van der Waals surface area contributed by atoms with Crippen molar-refractivity contribution in [1.82, 2.24) is 0 Å². The van der Waals surface area contributed by atoms with Gasteiger partial charge in [0, 0.05) is 30.6 Å². The largest absolute Gasteiger partial charge is 0.465 e. The van der Waals surface area contributed by atoms with E-state index in [2.05, 4.69) is 0 Å². The van der Waals surface area contributed by atoms with Crippen molar-refractivity contribution in [2.45, 2.75) is 18.9 Å². The lowest BCUT2D eigenvalue weighted by molar-refractivity contribution is -0.0754. The van der Waals surface area contributed by atoms with Gasteiger partial charge in [0.2, 0.25) is 0 Å². The van der Waals surface area contributed by atoms with E-state index >= 15 is 0 Å². The minimum atomic E-state index is -0.656. The van der Waals surface area contributed by atoms with Gasteiger partial charge in [0.15, 0.2) is 0 Å². The van der Waals surface area contributed by atoms with Crippen LogP contribution in [0.1, 0.15) is 45.2 Å². The maximum absolute atomic E-state index is 14.0. The summed E-state index contributed by atoms with van der Waals surface area (Å²) in [5.74, 6) is -1.48. The molecule has 0 bridgehead atoms. The molecule has 1 heterocycles. The molecular formula is C21H23FN2O5. The van der Waals surface area contributed by atoms with Crippen molar-refractivity contribution in [3.05, 3.63) is 58.9 Å². The van der Waals surface area contributed by atoms with Gasteiger partial charge in [-0.05, 0) is 49.2 Å². The normalized spacial score (nSPS) is 16.1. The summed E-state index contributed by atoms with van der Waals surface area (Å²) in [6.07, 6.45) is 0.804. The number of ether oxygens (including phenoxy) is 3. The van der Waals surface area contributed by atoms with E-state index in [-0.39, 0.29) is 17.9 Å². The zero-order valence-corrected chi connectivity index (χ0v) is 16.3. The zero-order valence-electron chi connectivity index (χ0n) is 16.3. The van der Waals surface area contributed by atoms with Crippen molar-refractivity contribution >= 4 is 23.3 Å². The molecule has 8 heteroatoms. The maximum atomic E-state index is 14.0. The van der Waals surface area contributed by atoms with Crippen LogP contribution in [0.3, 0.4) is 0 Å². The smallest absolute Gasteiger partial charge is 0.338 e. The molecule has 1 amide bonds. The van der Waals surface area contributed by atoms with Gasteiger partial charge in [-0.3, -0.25) is 4.79 Å². The van der Waals surface area contributed by atoms with Crippen molar-refractivity contribution in [1.29, 1.82) is 0 Å². The van der Waals surface area contributed by atoms with Gasteiger partial charge in [-0.25, -0.2) is 9.18 Å².